The first-order chi connectivity index (χ1) is 13.1. The lowest BCUT2D eigenvalue weighted by molar-refractivity contribution is -0.145. The lowest BCUT2D eigenvalue weighted by atomic mass is 10.1. The Kier molecular flexibility index (Phi) is 5.61. The SMILES string of the molecule is COC(=O)[C@H](Cc1ccccc1)NC(=O)Cn1cnc2ccccc2c1=O. The molecule has 138 valence electrons. The molecule has 0 radical (unpaired) electrons. The molecule has 0 aliphatic carbocycles. The van der Waals surface area contributed by atoms with E-state index in [9.17, 15) is 14.4 Å². The lowest BCUT2D eigenvalue weighted by Crippen LogP contribution is -2.45. The average molecular weight is 365 g/mol. The summed E-state index contributed by atoms with van der Waals surface area (Å²) >= 11 is 0. The van der Waals surface area contributed by atoms with Crippen LogP contribution in [0.4, 0.5) is 0 Å². The number of carbonyl (C=O) groups is 2. The topological polar surface area (TPSA) is 90.3 Å². The molecule has 0 unspecified atom stereocenters. The summed E-state index contributed by atoms with van der Waals surface area (Å²) in [7, 11) is 1.27. The molecule has 2 aromatic carbocycles. The molecule has 0 saturated heterocycles. The maximum atomic E-state index is 12.5. The molecule has 0 aliphatic heterocycles. The van der Waals surface area contributed by atoms with E-state index in [1.54, 1.807) is 24.3 Å². The third-order valence-electron chi connectivity index (χ3n) is 4.15. The van der Waals surface area contributed by atoms with Crippen molar-refractivity contribution in [1.82, 2.24) is 14.9 Å². The van der Waals surface area contributed by atoms with Crippen LogP contribution in [0.2, 0.25) is 0 Å². The van der Waals surface area contributed by atoms with E-state index in [2.05, 4.69) is 10.3 Å². The van der Waals surface area contributed by atoms with E-state index in [0.29, 0.717) is 17.3 Å². The number of aromatic nitrogens is 2. The van der Waals surface area contributed by atoms with Crippen LogP contribution >= 0.6 is 0 Å². The molecular weight excluding hydrogens is 346 g/mol. The summed E-state index contributed by atoms with van der Waals surface area (Å²) in [5, 5.41) is 3.07. The number of hydrogen-bond acceptors (Lipinski definition) is 5. The van der Waals surface area contributed by atoms with Crippen molar-refractivity contribution in [3.8, 4) is 0 Å². The fourth-order valence-corrected chi connectivity index (χ4v) is 2.80. The largest absolute Gasteiger partial charge is 0.467 e. The van der Waals surface area contributed by atoms with Crippen molar-refractivity contribution in [3.63, 3.8) is 0 Å². The van der Waals surface area contributed by atoms with Crippen LogP contribution in [0, 0.1) is 0 Å². The minimum atomic E-state index is -0.839. The number of para-hydroxylation sites is 1. The summed E-state index contributed by atoms with van der Waals surface area (Å²) in [6.07, 6.45) is 1.62. The van der Waals surface area contributed by atoms with E-state index in [1.165, 1.54) is 18.0 Å². The van der Waals surface area contributed by atoms with Gasteiger partial charge < -0.3 is 10.1 Å². The number of ether oxygens (including phenoxy) is 1. The molecule has 1 aromatic heterocycles. The Morgan fingerprint density at radius 3 is 2.56 bits per heavy atom. The average Bonchev–Trinajstić information content (AvgIpc) is 2.70. The van der Waals surface area contributed by atoms with Crippen molar-refractivity contribution >= 4 is 22.8 Å². The highest BCUT2D eigenvalue weighted by atomic mass is 16.5. The number of nitrogens with zero attached hydrogens (tertiary/aromatic N) is 2. The zero-order valence-electron chi connectivity index (χ0n) is 14.8. The molecular formula is C20H19N3O4. The van der Waals surface area contributed by atoms with Crippen molar-refractivity contribution in [2.75, 3.05) is 7.11 Å². The Hall–Kier alpha value is -3.48. The first-order valence-corrected chi connectivity index (χ1v) is 8.44. The highest BCUT2D eigenvalue weighted by Crippen LogP contribution is 2.06. The molecule has 3 rings (SSSR count). The Morgan fingerprint density at radius 1 is 1.11 bits per heavy atom. The number of methoxy groups -OCH3 is 1. The zero-order valence-corrected chi connectivity index (χ0v) is 14.8. The van der Waals surface area contributed by atoms with Gasteiger partial charge in [0.25, 0.3) is 5.56 Å². The van der Waals surface area contributed by atoms with E-state index >= 15 is 0 Å². The van der Waals surface area contributed by atoms with Gasteiger partial charge >= 0.3 is 5.97 Å². The minimum absolute atomic E-state index is 0.237. The number of benzene rings is 2. The second kappa shape index (κ2) is 8.27. The highest BCUT2D eigenvalue weighted by Gasteiger charge is 2.22. The van der Waals surface area contributed by atoms with E-state index in [4.69, 9.17) is 4.74 Å². The van der Waals surface area contributed by atoms with Gasteiger partial charge in [0.2, 0.25) is 5.91 Å². The number of esters is 1. The van der Waals surface area contributed by atoms with Crippen molar-refractivity contribution in [3.05, 3.63) is 76.8 Å². The lowest BCUT2D eigenvalue weighted by Gasteiger charge is -2.17. The summed E-state index contributed by atoms with van der Waals surface area (Å²) in [6, 6.07) is 15.4. The predicted octanol–water partition coefficient (Wildman–Crippen LogP) is 1.30. The molecule has 1 heterocycles. The van der Waals surface area contributed by atoms with Crippen molar-refractivity contribution in [1.29, 1.82) is 0 Å². The Balaban J connectivity index is 1.75. The fraction of sp³-hybridized carbons (Fsp3) is 0.200. The third kappa shape index (κ3) is 4.38. The first-order valence-electron chi connectivity index (χ1n) is 8.44. The van der Waals surface area contributed by atoms with Crippen molar-refractivity contribution in [2.45, 2.75) is 19.0 Å². The number of nitrogens with one attached hydrogen (secondary N) is 1. The van der Waals surface area contributed by atoms with Gasteiger partial charge in [0.15, 0.2) is 0 Å². The minimum Gasteiger partial charge on any atom is -0.467 e. The van der Waals surface area contributed by atoms with Crippen LogP contribution < -0.4 is 10.9 Å². The number of rotatable bonds is 6. The molecule has 0 spiro atoms. The summed E-state index contributed by atoms with van der Waals surface area (Å²) in [4.78, 5) is 41.1. The van der Waals surface area contributed by atoms with Crippen molar-refractivity contribution < 1.29 is 14.3 Å². The predicted molar refractivity (Wildman–Crippen MR) is 100 cm³/mol. The van der Waals surface area contributed by atoms with Gasteiger partial charge in [0.1, 0.15) is 12.6 Å². The quantitative estimate of drug-likeness (QED) is 0.665. The molecule has 3 aromatic rings. The standard InChI is InChI=1S/C20H19N3O4/c1-27-20(26)17(11-14-7-3-2-4-8-14)22-18(24)12-23-13-21-16-10-6-5-9-15(16)19(23)25/h2-10,13,17H,11-12H2,1H3,(H,22,24)/t17-/m0/s1. The van der Waals surface area contributed by atoms with Gasteiger partial charge in [-0.2, -0.15) is 0 Å². The summed E-state index contributed by atoms with van der Waals surface area (Å²) in [5.74, 6) is -1.02. The molecule has 0 saturated carbocycles. The molecule has 7 heteroatoms. The van der Waals surface area contributed by atoms with E-state index in [-0.39, 0.29) is 12.1 Å². The second-order valence-electron chi connectivity index (χ2n) is 6.03. The Labute approximate surface area is 155 Å². The van der Waals surface area contributed by atoms with Crippen LogP contribution in [0.15, 0.2) is 65.7 Å². The number of amides is 1. The van der Waals surface area contributed by atoms with Crippen LogP contribution in [-0.2, 0) is 27.3 Å². The van der Waals surface area contributed by atoms with Crippen LogP contribution in [0.25, 0.3) is 10.9 Å². The van der Waals surface area contributed by atoms with Gasteiger partial charge in [0.05, 0.1) is 24.3 Å². The van der Waals surface area contributed by atoms with Gasteiger partial charge in [-0.15, -0.1) is 0 Å². The van der Waals surface area contributed by atoms with Crippen LogP contribution in [0.3, 0.4) is 0 Å². The molecule has 0 bridgehead atoms. The summed E-state index contributed by atoms with van der Waals surface area (Å²) < 4.78 is 6.00. The Bertz CT molecular complexity index is 1010. The van der Waals surface area contributed by atoms with Crippen LogP contribution in [0.1, 0.15) is 5.56 Å². The van der Waals surface area contributed by atoms with E-state index in [1.807, 2.05) is 30.3 Å². The van der Waals surface area contributed by atoms with Gasteiger partial charge in [-0.3, -0.25) is 14.2 Å². The zero-order chi connectivity index (χ0) is 19.2. The van der Waals surface area contributed by atoms with Gasteiger partial charge in [-0.25, -0.2) is 9.78 Å². The maximum Gasteiger partial charge on any atom is 0.328 e. The van der Waals surface area contributed by atoms with Gasteiger partial charge in [-0.1, -0.05) is 42.5 Å². The maximum absolute atomic E-state index is 12.5. The molecule has 1 N–H and O–H groups in total. The number of fused-ring (bicyclic) bond motifs is 1. The molecule has 7 nitrogen and oxygen atoms in total. The highest BCUT2D eigenvalue weighted by molar-refractivity contribution is 5.85. The van der Waals surface area contributed by atoms with E-state index < -0.39 is 17.9 Å². The summed E-state index contributed by atoms with van der Waals surface area (Å²) in [6.45, 7) is -0.237. The first kappa shape index (κ1) is 18.3. The van der Waals surface area contributed by atoms with Crippen LogP contribution in [-0.4, -0.2) is 34.6 Å². The molecule has 1 atom stereocenters. The monoisotopic (exact) mass is 365 g/mol. The Morgan fingerprint density at radius 2 is 1.81 bits per heavy atom. The fourth-order valence-electron chi connectivity index (χ4n) is 2.80. The summed E-state index contributed by atoms with van der Waals surface area (Å²) in [5.41, 5.74) is 1.14. The van der Waals surface area contributed by atoms with Crippen LogP contribution in [0.5, 0.6) is 0 Å². The number of carbonyl (C=O) groups excluding carboxylic acids is 2. The second-order valence-corrected chi connectivity index (χ2v) is 6.03. The molecule has 27 heavy (non-hydrogen) atoms. The third-order valence-corrected chi connectivity index (χ3v) is 4.15. The molecule has 0 fully saturated rings. The van der Waals surface area contributed by atoms with Gasteiger partial charge in [-0.05, 0) is 17.7 Å². The normalized spacial score (nSPS) is 11.7. The van der Waals surface area contributed by atoms with E-state index in [0.717, 1.165) is 5.56 Å². The number of hydrogen-bond donors (Lipinski definition) is 1. The smallest absolute Gasteiger partial charge is 0.328 e. The molecule has 1 amide bonds. The van der Waals surface area contributed by atoms with Gasteiger partial charge in [0, 0.05) is 6.42 Å². The van der Waals surface area contributed by atoms with Crippen molar-refractivity contribution in [2.24, 2.45) is 0 Å². The molecule has 0 aliphatic rings.